The van der Waals surface area contributed by atoms with Gasteiger partial charge in [-0.2, -0.15) is 0 Å². The first kappa shape index (κ1) is 13.5. The predicted molar refractivity (Wildman–Crippen MR) is 79.0 cm³/mol. The Kier molecular flexibility index (Phi) is 3.02. The Morgan fingerprint density at radius 1 is 1.10 bits per heavy atom. The average Bonchev–Trinajstić information content (AvgIpc) is 2.67. The lowest BCUT2D eigenvalue weighted by Crippen LogP contribution is -2.19. The fourth-order valence-electron chi connectivity index (χ4n) is 2.21. The molecular formula is C14H8Br2O4. The first-order valence-corrected chi connectivity index (χ1v) is 7.26. The Balaban J connectivity index is 2.28. The summed E-state index contributed by atoms with van der Waals surface area (Å²) in [6, 6.07) is 9.59. The summed E-state index contributed by atoms with van der Waals surface area (Å²) in [7, 11) is 0. The van der Waals surface area contributed by atoms with Gasteiger partial charge in [0.15, 0.2) is 0 Å². The number of benzene rings is 2. The van der Waals surface area contributed by atoms with Crippen LogP contribution < -0.4 is 0 Å². The van der Waals surface area contributed by atoms with E-state index in [-0.39, 0.29) is 17.1 Å². The van der Waals surface area contributed by atoms with E-state index in [9.17, 15) is 15.0 Å². The van der Waals surface area contributed by atoms with E-state index in [2.05, 4.69) is 31.9 Å². The summed E-state index contributed by atoms with van der Waals surface area (Å²) in [4.78, 5) is 11.9. The van der Waals surface area contributed by atoms with Crippen molar-refractivity contribution in [2.45, 2.75) is 4.51 Å². The topological polar surface area (TPSA) is 66.8 Å². The maximum atomic E-state index is 11.9. The van der Waals surface area contributed by atoms with Crippen LogP contribution in [0.3, 0.4) is 0 Å². The number of aromatic hydroxyl groups is 2. The van der Waals surface area contributed by atoms with Gasteiger partial charge in [-0.15, -0.1) is 0 Å². The zero-order chi connectivity index (χ0) is 14.5. The van der Waals surface area contributed by atoms with Gasteiger partial charge in [0.25, 0.3) is 0 Å². The second-order valence-corrected chi connectivity index (χ2v) is 6.33. The SMILES string of the molecule is O=C1OC(Br)(c2cc(O)cc(Br)c2O)c2ccccc21. The highest BCUT2D eigenvalue weighted by Crippen LogP contribution is 2.51. The molecule has 1 unspecified atom stereocenters. The summed E-state index contributed by atoms with van der Waals surface area (Å²) in [5, 5.41) is 19.9. The van der Waals surface area contributed by atoms with E-state index in [1.807, 2.05) is 0 Å². The number of cyclic esters (lactones) is 1. The molecule has 102 valence electrons. The lowest BCUT2D eigenvalue weighted by molar-refractivity contribution is 0.0395. The van der Waals surface area contributed by atoms with Gasteiger partial charge in [0.05, 0.1) is 15.6 Å². The molecule has 1 aliphatic heterocycles. The number of phenols is 2. The third-order valence-electron chi connectivity index (χ3n) is 3.12. The van der Waals surface area contributed by atoms with Gasteiger partial charge in [-0.1, -0.05) is 18.2 Å². The Morgan fingerprint density at radius 2 is 1.80 bits per heavy atom. The summed E-state index contributed by atoms with van der Waals surface area (Å²) >= 11 is 6.53. The standard InChI is InChI=1S/C14H8Br2O4/c15-11-6-7(17)5-10(12(11)18)14(16)9-4-2-1-3-8(9)13(19)20-14/h1-6,17-18H. The van der Waals surface area contributed by atoms with Crippen LogP contribution in [0.4, 0.5) is 0 Å². The van der Waals surface area contributed by atoms with Crippen LogP contribution in [0, 0.1) is 0 Å². The van der Waals surface area contributed by atoms with Crippen molar-refractivity contribution in [2.75, 3.05) is 0 Å². The van der Waals surface area contributed by atoms with Crippen molar-refractivity contribution in [2.24, 2.45) is 0 Å². The number of phenolic OH excluding ortho intramolecular Hbond substituents is 2. The van der Waals surface area contributed by atoms with Crippen molar-refractivity contribution in [1.29, 1.82) is 0 Å². The van der Waals surface area contributed by atoms with Gasteiger partial charge in [-0.25, -0.2) is 4.79 Å². The van der Waals surface area contributed by atoms with Crippen LogP contribution >= 0.6 is 31.9 Å². The molecule has 0 saturated heterocycles. The number of rotatable bonds is 1. The number of esters is 1. The third-order valence-corrected chi connectivity index (χ3v) is 4.74. The van der Waals surface area contributed by atoms with Crippen LogP contribution in [-0.2, 0) is 9.25 Å². The first-order valence-electron chi connectivity index (χ1n) is 5.67. The highest BCUT2D eigenvalue weighted by atomic mass is 79.9. The molecule has 0 spiro atoms. The van der Waals surface area contributed by atoms with Crippen molar-refractivity contribution in [1.82, 2.24) is 0 Å². The number of ether oxygens (including phenoxy) is 1. The van der Waals surface area contributed by atoms with E-state index in [1.165, 1.54) is 12.1 Å². The molecule has 2 N–H and O–H groups in total. The van der Waals surface area contributed by atoms with Crippen molar-refractivity contribution in [3.8, 4) is 11.5 Å². The monoisotopic (exact) mass is 398 g/mol. The molecule has 0 aliphatic carbocycles. The number of carbonyl (C=O) groups is 1. The molecule has 1 heterocycles. The van der Waals surface area contributed by atoms with E-state index >= 15 is 0 Å². The number of carbonyl (C=O) groups excluding carboxylic acids is 1. The quantitative estimate of drug-likeness (QED) is 0.436. The van der Waals surface area contributed by atoms with Crippen LogP contribution in [0.15, 0.2) is 40.9 Å². The molecule has 1 aliphatic rings. The number of hydrogen-bond donors (Lipinski definition) is 2. The van der Waals surface area contributed by atoms with E-state index in [0.29, 0.717) is 15.6 Å². The van der Waals surface area contributed by atoms with Crippen molar-refractivity contribution in [3.05, 3.63) is 57.6 Å². The van der Waals surface area contributed by atoms with Crippen LogP contribution in [0.25, 0.3) is 0 Å². The van der Waals surface area contributed by atoms with Crippen LogP contribution in [0.1, 0.15) is 21.5 Å². The molecule has 4 nitrogen and oxygen atoms in total. The molecule has 0 aromatic heterocycles. The zero-order valence-corrected chi connectivity index (χ0v) is 13.1. The van der Waals surface area contributed by atoms with Crippen molar-refractivity contribution in [3.63, 3.8) is 0 Å². The minimum atomic E-state index is -1.31. The molecule has 2 aromatic rings. The largest absolute Gasteiger partial charge is 0.508 e. The smallest absolute Gasteiger partial charge is 0.340 e. The summed E-state index contributed by atoms with van der Waals surface area (Å²) in [5.74, 6) is -0.649. The highest BCUT2D eigenvalue weighted by Gasteiger charge is 2.47. The van der Waals surface area contributed by atoms with Crippen LogP contribution in [-0.4, -0.2) is 16.2 Å². The van der Waals surface area contributed by atoms with E-state index in [0.717, 1.165) is 0 Å². The van der Waals surface area contributed by atoms with Crippen molar-refractivity contribution >= 4 is 37.8 Å². The second-order valence-electron chi connectivity index (χ2n) is 4.35. The Bertz CT molecular complexity index is 729. The molecule has 2 aromatic carbocycles. The minimum Gasteiger partial charge on any atom is -0.508 e. The first-order chi connectivity index (χ1) is 9.43. The molecule has 0 fully saturated rings. The van der Waals surface area contributed by atoms with Gasteiger partial charge in [0.1, 0.15) is 11.5 Å². The maximum Gasteiger partial charge on any atom is 0.340 e. The summed E-state index contributed by atoms with van der Waals surface area (Å²) in [6.45, 7) is 0. The van der Waals surface area contributed by atoms with E-state index in [1.54, 1.807) is 24.3 Å². The molecule has 20 heavy (non-hydrogen) atoms. The molecular weight excluding hydrogens is 392 g/mol. The lowest BCUT2D eigenvalue weighted by Gasteiger charge is -2.24. The van der Waals surface area contributed by atoms with Crippen LogP contribution in [0.2, 0.25) is 0 Å². The fourth-order valence-corrected chi connectivity index (χ4v) is 3.45. The second kappa shape index (κ2) is 4.49. The molecule has 0 bridgehead atoms. The van der Waals surface area contributed by atoms with Gasteiger partial charge in [0, 0.05) is 5.56 Å². The van der Waals surface area contributed by atoms with Gasteiger partial charge in [0.2, 0.25) is 4.51 Å². The van der Waals surface area contributed by atoms with Crippen molar-refractivity contribution < 1.29 is 19.7 Å². The molecule has 0 saturated carbocycles. The Morgan fingerprint density at radius 3 is 2.55 bits per heavy atom. The number of hydrogen-bond acceptors (Lipinski definition) is 4. The third kappa shape index (κ3) is 1.83. The fraction of sp³-hybridized carbons (Fsp3) is 0.0714. The molecule has 0 amide bonds. The van der Waals surface area contributed by atoms with E-state index in [4.69, 9.17) is 4.74 Å². The summed E-state index contributed by atoms with van der Waals surface area (Å²) in [6.07, 6.45) is 0. The van der Waals surface area contributed by atoms with Crippen LogP contribution in [0.5, 0.6) is 11.5 Å². The Hall–Kier alpha value is -1.53. The summed E-state index contributed by atoms with van der Waals surface area (Å²) in [5.41, 5.74) is 1.25. The predicted octanol–water partition coefficient (Wildman–Crippen LogP) is 3.63. The molecule has 1 atom stereocenters. The minimum absolute atomic E-state index is 0.0519. The Labute approximate surface area is 131 Å². The lowest BCUT2D eigenvalue weighted by atomic mass is 9.98. The van der Waals surface area contributed by atoms with Gasteiger partial charge >= 0.3 is 5.97 Å². The number of alkyl halides is 1. The van der Waals surface area contributed by atoms with Gasteiger partial charge < -0.3 is 14.9 Å². The zero-order valence-electron chi connectivity index (χ0n) is 9.93. The van der Waals surface area contributed by atoms with E-state index < -0.39 is 10.5 Å². The molecule has 3 rings (SSSR count). The average molecular weight is 400 g/mol. The normalized spacial score (nSPS) is 20.6. The number of fused-ring (bicyclic) bond motifs is 1. The molecule has 0 radical (unpaired) electrons. The maximum absolute atomic E-state index is 11.9. The highest BCUT2D eigenvalue weighted by molar-refractivity contribution is 9.10. The number of halogens is 2. The molecule has 6 heteroatoms. The summed E-state index contributed by atoms with van der Waals surface area (Å²) < 4.78 is 4.38. The van der Waals surface area contributed by atoms with Gasteiger partial charge in [-0.3, -0.25) is 0 Å². The van der Waals surface area contributed by atoms with Gasteiger partial charge in [-0.05, 0) is 50.1 Å².